The quantitative estimate of drug-likeness (QED) is 0.740. The van der Waals surface area contributed by atoms with E-state index in [0.29, 0.717) is 22.4 Å². The van der Waals surface area contributed by atoms with Crippen molar-refractivity contribution in [3.63, 3.8) is 0 Å². The van der Waals surface area contributed by atoms with Crippen LogP contribution in [0.25, 0.3) is 10.2 Å². The Hall–Kier alpha value is -2.69. The number of hydrogen-bond donors (Lipinski definition) is 1. The maximum atomic E-state index is 12.3. The molecule has 1 N–H and O–H groups in total. The van der Waals surface area contributed by atoms with Crippen LogP contribution in [0.15, 0.2) is 46.8 Å². The normalized spacial score (nSPS) is 12.0. The van der Waals surface area contributed by atoms with Crippen LogP contribution in [0.5, 0.6) is 5.75 Å². The molecular formula is C17H15N3O3S. The lowest BCUT2D eigenvalue weighted by atomic mass is 10.2. The fourth-order valence-corrected chi connectivity index (χ4v) is 3.07. The minimum absolute atomic E-state index is 0.0620. The van der Waals surface area contributed by atoms with Crippen LogP contribution in [0.3, 0.4) is 0 Å². The lowest BCUT2D eigenvalue weighted by Crippen LogP contribution is -2.30. The van der Waals surface area contributed by atoms with Gasteiger partial charge in [-0.3, -0.25) is 9.36 Å². The number of aromatic nitrogens is 2. The van der Waals surface area contributed by atoms with Gasteiger partial charge in [0.15, 0.2) is 0 Å². The molecule has 0 aliphatic heterocycles. The molecule has 0 saturated carbocycles. The van der Waals surface area contributed by atoms with E-state index < -0.39 is 6.10 Å². The molecule has 7 heteroatoms. The monoisotopic (exact) mass is 341 g/mol. The molecule has 1 unspecified atom stereocenters. The lowest BCUT2D eigenvalue weighted by Gasteiger charge is -2.13. The summed E-state index contributed by atoms with van der Waals surface area (Å²) < 4.78 is 7.49. The molecule has 0 amide bonds. The van der Waals surface area contributed by atoms with Crippen LogP contribution >= 0.6 is 11.3 Å². The van der Waals surface area contributed by atoms with E-state index in [1.165, 1.54) is 22.2 Å². The number of thiophene rings is 1. The summed E-state index contributed by atoms with van der Waals surface area (Å²) in [5.74, 6) is 0.606. The standard InChI is InChI=1S/C17H15N3O3S/c18-7-5-12-1-3-14(4-2-12)23-10-13(21)9-20-11-19-15-6-8-24-16(15)17(20)22/h1-4,6,8,11,13,21H,5,9-10H2. The molecular weight excluding hydrogens is 326 g/mol. The van der Waals surface area contributed by atoms with Gasteiger partial charge in [-0.05, 0) is 29.1 Å². The van der Waals surface area contributed by atoms with Crippen molar-refractivity contribution in [1.82, 2.24) is 9.55 Å². The zero-order chi connectivity index (χ0) is 16.9. The zero-order valence-electron chi connectivity index (χ0n) is 12.8. The Morgan fingerprint density at radius 3 is 2.88 bits per heavy atom. The van der Waals surface area contributed by atoms with E-state index in [1.54, 1.807) is 18.2 Å². The van der Waals surface area contributed by atoms with Crippen LogP contribution < -0.4 is 10.3 Å². The highest BCUT2D eigenvalue weighted by Crippen LogP contribution is 2.14. The summed E-state index contributed by atoms with van der Waals surface area (Å²) in [6.45, 7) is 0.179. The number of rotatable bonds is 6. The Bertz CT molecular complexity index is 925. The van der Waals surface area contributed by atoms with Crippen LogP contribution in [0.4, 0.5) is 0 Å². The molecule has 0 saturated heterocycles. The van der Waals surface area contributed by atoms with Gasteiger partial charge in [0.2, 0.25) is 0 Å². The van der Waals surface area contributed by atoms with Crippen LogP contribution in [-0.2, 0) is 13.0 Å². The summed E-state index contributed by atoms with van der Waals surface area (Å²) in [5, 5.41) is 20.5. The van der Waals surface area contributed by atoms with Crippen LogP contribution in [0.1, 0.15) is 5.56 Å². The van der Waals surface area contributed by atoms with E-state index >= 15 is 0 Å². The summed E-state index contributed by atoms with van der Waals surface area (Å²) in [6.07, 6.45) is 0.960. The SMILES string of the molecule is N#CCc1ccc(OCC(O)Cn2cnc3ccsc3c2=O)cc1. The second-order valence-corrected chi connectivity index (χ2v) is 6.20. The second-order valence-electron chi connectivity index (χ2n) is 5.28. The highest BCUT2D eigenvalue weighted by Gasteiger charge is 2.11. The van der Waals surface area contributed by atoms with Crippen molar-refractivity contribution in [3.8, 4) is 11.8 Å². The van der Waals surface area contributed by atoms with Crippen LogP contribution in [0.2, 0.25) is 0 Å². The highest BCUT2D eigenvalue weighted by atomic mass is 32.1. The third kappa shape index (κ3) is 3.62. The average molecular weight is 341 g/mol. The number of benzene rings is 1. The van der Waals surface area contributed by atoms with Crippen LogP contribution in [-0.4, -0.2) is 27.4 Å². The smallest absolute Gasteiger partial charge is 0.271 e. The van der Waals surface area contributed by atoms with Gasteiger partial charge in [0, 0.05) is 0 Å². The maximum absolute atomic E-state index is 12.3. The number of nitrogens with zero attached hydrogens (tertiary/aromatic N) is 3. The van der Waals surface area contributed by atoms with E-state index in [4.69, 9.17) is 10.00 Å². The van der Waals surface area contributed by atoms with Crippen molar-refractivity contribution >= 4 is 21.6 Å². The van der Waals surface area contributed by atoms with Crippen molar-refractivity contribution in [2.24, 2.45) is 0 Å². The number of nitriles is 1. The molecule has 24 heavy (non-hydrogen) atoms. The van der Waals surface area contributed by atoms with Crippen LogP contribution in [0, 0.1) is 11.3 Å². The van der Waals surface area contributed by atoms with E-state index in [0.717, 1.165) is 5.56 Å². The molecule has 1 aromatic carbocycles. The Kier molecular flexibility index (Phi) is 4.89. The predicted molar refractivity (Wildman–Crippen MR) is 91.1 cm³/mol. The second kappa shape index (κ2) is 7.25. The van der Waals surface area contributed by atoms with E-state index in [2.05, 4.69) is 11.1 Å². The fourth-order valence-electron chi connectivity index (χ4n) is 2.28. The van der Waals surface area contributed by atoms with Gasteiger partial charge >= 0.3 is 0 Å². The third-order valence-electron chi connectivity index (χ3n) is 3.49. The maximum Gasteiger partial charge on any atom is 0.271 e. The topological polar surface area (TPSA) is 88.1 Å². The highest BCUT2D eigenvalue weighted by molar-refractivity contribution is 7.17. The average Bonchev–Trinajstić information content (AvgIpc) is 3.07. The molecule has 0 spiro atoms. The first-order valence-corrected chi connectivity index (χ1v) is 8.25. The molecule has 3 rings (SSSR count). The Balaban J connectivity index is 1.60. The summed E-state index contributed by atoms with van der Waals surface area (Å²) in [4.78, 5) is 16.4. The van der Waals surface area contributed by atoms with E-state index in [1.807, 2.05) is 17.5 Å². The first-order valence-electron chi connectivity index (χ1n) is 7.37. The molecule has 0 radical (unpaired) electrons. The molecule has 0 bridgehead atoms. The van der Waals surface area contributed by atoms with Gasteiger partial charge in [-0.1, -0.05) is 12.1 Å². The zero-order valence-corrected chi connectivity index (χ0v) is 13.6. The Labute approximate surface area is 142 Å². The van der Waals surface area contributed by atoms with Crippen molar-refractivity contribution in [2.45, 2.75) is 19.1 Å². The fraction of sp³-hybridized carbons (Fsp3) is 0.235. The van der Waals surface area contributed by atoms with Gasteiger partial charge < -0.3 is 9.84 Å². The van der Waals surface area contributed by atoms with E-state index in [-0.39, 0.29) is 18.7 Å². The summed E-state index contributed by atoms with van der Waals surface area (Å²) in [7, 11) is 0. The van der Waals surface area contributed by atoms with Crippen molar-refractivity contribution in [3.05, 3.63) is 58.0 Å². The molecule has 0 aliphatic rings. The Morgan fingerprint density at radius 1 is 1.33 bits per heavy atom. The molecule has 0 fully saturated rings. The minimum Gasteiger partial charge on any atom is -0.491 e. The molecule has 0 aliphatic carbocycles. The van der Waals surface area contributed by atoms with Gasteiger partial charge in [-0.25, -0.2) is 4.98 Å². The largest absolute Gasteiger partial charge is 0.491 e. The molecule has 3 aromatic rings. The molecule has 2 heterocycles. The molecule has 122 valence electrons. The first kappa shape index (κ1) is 16.2. The van der Waals surface area contributed by atoms with Crippen molar-refractivity contribution in [2.75, 3.05) is 6.61 Å². The number of aliphatic hydroxyl groups is 1. The molecule has 6 nitrogen and oxygen atoms in total. The predicted octanol–water partition coefficient (Wildman–Crippen LogP) is 1.96. The molecule has 1 atom stereocenters. The number of fused-ring (bicyclic) bond motifs is 1. The number of ether oxygens (including phenoxy) is 1. The van der Waals surface area contributed by atoms with Gasteiger partial charge in [-0.2, -0.15) is 5.26 Å². The lowest BCUT2D eigenvalue weighted by molar-refractivity contribution is 0.0915. The van der Waals surface area contributed by atoms with Gasteiger partial charge in [0.05, 0.1) is 30.9 Å². The Morgan fingerprint density at radius 2 is 2.12 bits per heavy atom. The summed E-state index contributed by atoms with van der Waals surface area (Å²) >= 11 is 1.34. The third-order valence-corrected chi connectivity index (χ3v) is 4.38. The minimum atomic E-state index is -0.833. The summed E-state index contributed by atoms with van der Waals surface area (Å²) in [6, 6.07) is 11.0. The van der Waals surface area contributed by atoms with Gasteiger partial charge in [0.1, 0.15) is 23.2 Å². The van der Waals surface area contributed by atoms with Gasteiger partial charge in [0.25, 0.3) is 5.56 Å². The molecule has 2 aromatic heterocycles. The first-order chi connectivity index (χ1) is 11.7. The van der Waals surface area contributed by atoms with E-state index in [9.17, 15) is 9.90 Å². The van der Waals surface area contributed by atoms with Crippen molar-refractivity contribution < 1.29 is 9.84 Å². The number of hydrogen-bond acceptors (Lipinski definition) is 6. The number of aliphatic hydroxyl groups excluding tert-OH is 1. The van der Waals surface area contributed by atoms with Crippen molar-refractivity contribution in [1.29, 1.82) is 5.26 Å². The van der Waals surface area contributed by atoms with Gasteiger partial charge in [-0.15, -0.1) is 11.3 Å². The summed E-state index contributed by atoms with van der Waals surface area (Å²) in [5.41, 5.74) is 1.42.